The third-order valence-electron chi connectivity index (χ3n) is 8.16. The molecule has 194 valence electrons. The summed E-state index contributed by atoms with van der Waals surface area (Å²) in [5.74, 6) is 0.656. The first-order valence-corrected chi connectivity index (χ1v) is 14.6. The van der Waals surface area contributed by atoms with Gasteiger partial charge in [-0.3, -0.25) is 4.79 Å². The van der Waals surface area contributed by atoms with E-state index in [4.69, 9.17) is 0 Å². The summed E-state index contributed by atoms with van der Waals surface area (Å²) in [5.41, 5.74) is 5.74. The maximum absolute atomic E-state index is 14.1. The molecule has 1 aliphatic carbocycles. The minimum absolute atomic E-state index is 0.111. The lowest BCUT2D eigenvalue weighted by Crippen LogP contribution is -2.48. The average Bonchev–Trinajstić information content (AvgIpc) is 3.39. The molecule has 1 unspecified atom stereocenters. The van der Waals surface area contributed by atoms with Crippen molar-refractivity contribution in [3.63, 3.8) is 0 Å². The molecule has 6 rings (SSSR count). The molecular weight excluding hydrogens is 486 g/mol. The molecule has 2 fully saturated rings. The van der Waals surface area contributed by atoms with E-state index in [9.17, 15) is 4.79 Å². The van der Waals surface area contributed by atoms with Crippen LogP contribution in [-0.2, 0) is 11.3 Å². The van der Waals surface area contributed by atoms with Gasteiger partial charge in [0.2, 0.25) is 0 Å². The molecule has 1 saturated carbocycles. The quantitative estimate of drug-likeness (QED) is 0.262. The monoisotopic (exact) mass is 521 g/mol. The molecule has 1 saturated heterocycles. The number of thioether (sulfide) groups is 1. The number of anilines is 1. The Balaban J connectivity index is 1.39. The highest BCUT2D eigenvalue weighted by Gasteiger charge is 2.43. The molecule has 1 N–H and O–H groups in total. The molecule has 3 atom stereocenters. The van der Waals surface area contributed by atoms with E-state index in [0.717, 1.165) is 29.1 Å². The average molecular weight is 522 g/mol. The van der Waals surface area contributed by atoms with Crippen LogP contribution in [0.1, 0.15) is 49.4 Å². The maximum atomic E-state index is 14.1. The number of carbonyl (C=O) groups is 1. The summed E-state index contributed by atoms with van der Waals surface area (Å²) < 4.78 is 2.38. The number of para-hydroxylation sites is 2. The Morgan fingerprint density at radius 2 is 1.61 bits per heavy atom. The van der Waals surface area contributed by atoms with Crippen LogP contribution in [0.15, 0.2) is 89.8 Å². The van der Waals surface area contributed by atoms with Crippen molar-refractivity contribution in [1.82, 2.24) is 9.47 Å². The van der Waals surface area contributed by atoms with Gasteiger partial charge in [-0.25, -0.2) is 0 Å². The van der Waals surface area contributed by atoms with E-state index in [0.29, 0.717) is 5.92 Å². The van der Waals surface area contributed by atoms with Gasteiger partial charge < -0.3 is 14.8 Å². The minimum Gasteiger partial charge on any atom is -0.356 e. The van der Waals surface area contributed by atoms with Crippen molar-refractivity contribution in [2.24, 2.45) is 5.92 Å². The molecule has 1 aliphatic heterocycles. The molecule has 1 amide bonds. The zero-order valence-electron chi connectivity index (χ0n) is 22.1. The van der Waals surface area contributed by atoms with Crippen molar-refractivity contribution in [1.29, 1.82) is 0 Å². The van der Waals surface area contributed by atoms with E-state index >= 15 is 0 Å². The van der Waals surface area contributed by atoms with Crippen LogP contribution in [0.3, 0.4) is 0 Å². The third-order valence-corrected chi connectivity index (χ3v) is 9.28. The van der Waals surface area contributed by atoms with Gasteiger partial charge in [-0.2, -0.15) is 0 Å². The molecule has 0 bridgehead atoms. The summed E-state index contributed by atoms with van der Waals surface area (Å²) in [4.78, 5) is 17.1. The van der Waals surface area contributed by atoms with E-state index in [1.165, 1.54) is 41.4 Å². The summed E-state index contributed by atoms with van der Waals surface area (Å²) in [5, 5.41) is 4.86. The van der Waals surface area contributed by atoms with Gasteiger partial charge in [0, 0.05) is 40.4 Å². The van der Waals surface area contributed by atoms with Crippen LogP contribution in [0.5, 0.6) is 0 Å². The first-order valence-electron chi connectivity index (χ1n) is 13.7. The van der Waals surface area contributed by atoms with E-state index in [-0.39, 0.29) is 17.4 Å². The summed E-state index contributed by atoms with van der Waals surface area (Å²) in [6.07, 6.45) is 6.85. The summed E-state index contributed by atoms with van der Waals surface area (Å²) in [6.45, 7) is 5.30. The third kappa shape index (κ3) is 4.76. The second kappa shape index (κ2) is 10.7. The van der Waals surface area contributed by atoms with Gasteiger partial charge in [-0.05, 0) is 55.5 Å². The number of rotatable bonds is 6. The van der Waals surface area contributed by atoms with Crippen molar-refractivity contribution >= 4 is 40.3 Å². The first kappa shape index (κ1) is 24.9. The van der Waals surface area contributed by atoms with Gasteiger partial charge in [-0.15, -0.1) is 0 Å². The molecule has 5 heteroatoms. The van der Waals surface area contributed by atoms with Crippen molar-refractivity contribution in [2.45, 2.75) is 57.6 Å². The fourth-order valence-corrected chi connectivity index (χ4v) is 7.30. The minimum atomic E-state index is -0.111. The van der Waals surface area contributed by atoms with Crippen LogP contribution in [-0.4, -0.2) is 26.9 Å². The van der Waals surface area contributed by atoms with E-state index in [1.807, 2.05) is 18.2 Å². The topological polar surface area (TPSA) is 37.3 Å². The van der Waals surface area contributed by atoms with Crippen molar-refractivity contribution in [2.75, 3.05) is 5.32 Å². The number of carbonyl (C=O) groups excluding carboxylic acids is 1. The van der Waals surface area contributed by atoms with Gasteiger partial charge in [-0.1, -0.05) is 98.3 Å². The Morgan fingerprint density at radius 1 is 0.921 bits per heavy atom. The maximum Gasteiger partial charge on any atom is 0.262 e. The predicted octanol–water partition coefficient (Wildman–Crippen LogP) is 7.89. The highest BCUT2D eigenvalue weighted by molar-refractivity contribution is 8.05. The largest absolute Gasteiger partial charge is 0.356 e. The van der Waals surface area contributed by atoms with Gasteiger partial charge in [0.25, 0.3) is 5.91 Å². The molecule has 4 nitrogen and oxygen atoms in total. The van der Waals surface area contributed by atoms with Crippen LogP contribution in [0.4, 0.5) is 5.69 Å². The number of amides is 1. The number of nitrogens with zero attached hydrogens (tertiary/aromatic N) is 2. The van der Waals surface area contributed by atoms with Gasteiger partial charge in [0.05, 0.1) is 4.91 Å². The van der Waals surface area contributed by atoms with Crippen molar-refractivity contribution in [3.8, 4) is 0 Å². The normalized spacial score (nSPS) is 22.9. The van der Waals surface area contributed by atoms with Crippen molar-refractivity contribution < 1.29 is 4.79 Å². The van der Waals surface area contributed by atoms with Gasteiger partial charge in [0.15, 0.2) is 5.50 Å². The van der Waals surface area contributed by atoms with E-state index in [2.05, 4.69) is 101 Å². The zero-order chi connectivity index (χ0) is 26.1. The summed E-state index contributed by atoms with van der Waals surface area (Å²) >= 11 is 1.66. The number of aromatic nitrogens is 1. The standard InChI is InChI=1S/C33H35N3OS/c1-23-13-9-11-19-29(23)36-32(37)31(38-33(36)34-26-16-7-4-8-17-26)21-28-24(2)35(22-25-14-5-3-6-15-25)30-20-12-10-18-27(28)30/h3-8,10,12,14-18,20-21,23,29,33-34H,9,11,13,19,22H2,1-2H3/b31-21-/t23-,29-,33?/m0/s1. The highest BCUT2D eigenvalue weighted by atomic mass is 32.2. The molecule has 0 radical (unpaired) electrons. The molecule has 2 heterocycles. The Hall–Kier alpha value is -3.44. The second-order valence-electron chi connectivity index (χ2n) is 10.6. The van der Waals surface area contributed by atoms with Crippen molar-refractivity contribution in [3.05, 3.63) is 107 Å². The zero-order valence-corrected chi connectivity index (χ0v) is 23.0. The van der Waals surface area contributed by atoms with Crippen LogP contribution < -0.4 is 5.32 Å². The number of fused-ring (bicyclic) bond motifs is 1. The van der Waals surface area contributed by atoms with Gasteiger partial charge in [0.1, 0.15) is 0 Å². The van der Waals surface area contributed by atoms with Crippen LogP contribution in [0.2, 0.25) is 0 Å². The predicted molar refractivity (Wildman–Crippen MR) is 160 cm³/mol. The Labute approximate surface area is 229 Å². The highest BCUT2D eigenvalue weighted by Crippen LogP contribution is 2.43. The summed E-state index contributed by atoms with van der Waals surface area (Å²) in [6, 6.07) is 29.7. The smallest absolute Gasteiger partial charge is 0.262 e. The fourth-order valence-electron chi connectivity index (χ4n) is 6.11. The molecular formula is C33H35N3OS. The Kier molecular flexibility index (Phi) is 7.03. The van der Waals surface area contributed by atoms with E-state index < -0.39 is 0 Å². The number of benzene rings is 3. The molecule has 4 aromatic rings. The Morgan fingerprint density at radius 3 is 2.37 bits per heavy atom. The van der Waals surface area contributed by atoms with Gasteiger partial charge >= 0.3 is 0 Å². The second-order valence-corrected chi connectivity index (χ2v) is 11.7. The molecule has 3 aromatic carbocycles. The van der Waals surface area contributed by atoms with Crippen LogP contribution in [0, 0.1) is 12.8 Å². The lowest BCUT2D eigenvalue weighted by molar-refractivity contribution is -0.129. The Bertz CT molecular complexity index is 1460. The number of hydrogen-bond acceptors (Lipinski definition) is 3. The molecule has 38 heavy (non-hydrogen) atoms. The number of hydrogen-bond donors (Lipinski definition) is 1. The first-order chi connectivity index (χ1) is 18.6. The lowest BCUT2D eigenvalue weighted by Gasteiger charge is -2.39. The summed E-state index contributed by atoms with van der Waals surface area (Å²) in [7, 11) is 0. The fraction of sp³-hybridized carbons (Fsp3) is 0.303. The lowest BCUT2D eigenvalue weighted by atomic mass is 9.85. The molecule has 1 aromatic heterocycles. The SMILES string of the molecule is Cc1c(/C=C2\SC(Nc3ccccc3)N([C@H]3CCCC[C@@H]3C)C2=O)c2ccccc2n1Cc1ccccc1. The molecule has 2 aliphatic rings. The van der Waals surface area contributed by atoms with E-state index in [1.54, 1.807) is 11.8 Å². The number of nitrogens with one attached hydrogen (secondary N) is 1. The van der Waals surface area contributed by atoms with Crippen LogP contribution >= 0.6 is 11.8 Å². The molecule has 0 spiro atoms. The van der Waals surface area contributed by atoms with Crippen LogP contribution in [0.25, 0.3) is 17.0 Å².